The number of ether oxygens (including phenoxy) is 2. The van der Waals surface area contributed by atoms with Crippen LogP contribution in [0, 0.1) is 11.3 Å². The summed E-state index contributed by atoms with van der Waals surface area (Å²) >= 11 is 0. The first-order chi connectivity index (χ1) is 5.10. The van der Waals surface area contributed by atoms with E-state index >= 15 is 0 Å². The second kappa shape index (κ2) is 3.11. The first-order valence-corrected chi connectivity index (χ1v) is 4.15. The molecule has 0 saturated heterocycles. The van der Waals surface area contributed by atoms with Gasteiger partial charge < -0.3 is 9.47 Å². The molecule has 1 aliphatic carbocycles. The largest absolute Gasteiger partial charge is 0.356 e. The molecular formula is C9H18O2. The highest BCUT2D eigenvalue weighted by molar-refractivity contribution is 4.95. The van der Waals surface area contributed by atoms with Crippen LogP contribution in [-0.2, 0) is 9.47 Å². The molecule has 0 spiro atoms. The monoisotopic (exact) mass is 158 g/mol. The van der Waals surface area contributed by atoms with Crippen molar-refractivity contribution in [1.82, 2.24) is 0 Å². The SMILES string of the molecule is COC(CC1CC1(C)C)OC. The van der Waals surface area contributed by atoms with E-state index in [4.69, 9.17) is 9.47 Å². The van der Waals surface area contributed by atoms with Crippen molar-refractivity contribution in [3.8, 4) is 0 Å². The first kappa shape index (κ1) is 9.01. The molecule has 1 fully saturated rings. The standard InChI is InChI=1S/C9H18O2/c1-9(2)6-7(9)5-8(10-3)11-4/h7-8H,5-6H2,1-4H3. The van der Waals surface area contributed by atoms with E-state index in [9.17, 15) is 0 Å². The molecule has 2 nitrogen and oxygen atoms in total. The van der Waals surface area contributed by atoms with E-state index in [1.54, 1.807) is 14.2 Å². The van der Waals surface area contributed by atoms with E-state index < -0.39 is 0 Å². The summed E-state index contributed by atoms with van der Waals surface area (Å²) in [5.74, 6) is 0.799. The van der Waals surface area contributed by atoms with Crippen molar-refractivity contribution in [1.29, 1.82) is 0 Å². The quantitative estimate of drug-likeness (QED) is 0.583. The fraction of sp³-hybridized carbons (Fsp3) is 1.00. The lowest BCUT2D eigenvalue weighted by Crippen LogP contribution is -2.14. The summed E-state index contributed by atoms with van der Waals surface area (Å²) in [7, 11) is 3.40. The van der Waals surface area contributed by atoms with Gasteiger partial charge in [-0.05, 0) is 17.8 Å². The maximum atomic E-state index is 5.12. The number of hydrogen-bond donors (Lipinski definition) is 0. The minimum absolute atomic E-state index is 0.00164. The van der Waals surface area contributed by atoms with Gasteiger partial charge in [-0.3, -0.25) is 0 Å². The summed E-state index contributed by atoms with van der Waals surface area (Å²) < 4.78 is 10.2. The van der Waals surface area contributed by atoms with Gasteiger partial charge in [0.05, 0.1) is 0 Å². The van der Waals surface area contributed by atoms with Gasteiger partial charge in [0.15, 0.2) is 6.29 Å². The molecular weight excluding hydrogens is 140 g/mol. The molecule has 0 aromatic carbocycles. The average Bonchev–Trinajstić information content (AvgIpc) is 2.54. The summed E-state index contributed by atoms with van der Waals surface area (Å²) in [5.41, 5.74) is 0.537. The minimum Gasteiger partial charge on any atom is -0.356 e. The zero-order valence-corrected chi connectivity index (χ0v) is 7.89. The molecule has 0 aromatic heterocycles. The maximum Gasteiger partial charge on any atom is 0.157 e. The topological polar surface area (TPSA) is 18.5 Å². The zero-order chi connectivity index (χ0) is 8.48. The highest BCUT2D eigenvalue weighted by atomic mass is 16.7. The Labute approximate surface area is 68.9 Å². The second-order valence-corrected chi connectivity index (χ2v) is 4.03. The Morgan fingerprint density at radius 2 is 1.82 bits per heavy atom. The Morgan fingerprint density at radius 1 is 1.36 bits per heavy atom. The molecule has 0 aromatic rings. The van der Waals surface area contributed by atoms with Crippen molar-refractivity contribution >= 4 is 0 Å². The van der Waals surface area contributed by atoms with E-state index in [1.807, 2.05) is 0 Å². The second-order valence-electron chi connectivity index (χ2n) is 4.03. The van der Waals surface area contributed by atoms with Crippen molar-refractivity contribution in [2.75, 3.05) is 14.2 Å². The van der Waals surface area contributed by atoms with Gasteiger partial charge in [-0.25, -0.2) is 0 Å². The summed E-state index contributed by atoms with van der Waals surface area (Å²) in [4.78, 5) is 0. The number of rotatable bonds is 4. The first-order valence-electron chi connectivity index (χ1n) is 4.15. The lowest BCUT2D eigenvalue weighted by molar-refractivity contribution is -0.110. The fourth-order valence-corrected chi connectivity index (χ4v) is 1.50. The summed E-state index contributed by atoms with van der Waals surface area (Å²) in [6.45, 7) is 4.58. The molecule has 2 heteroatoms. The number of methoxy groups -OCH3 is 2. The van der Waals surface area contributed by atoms with Crippen molar-refractivity contribution in [2.45, 2.75) is 33.0 Å². The maximum absolute atomic E-state index is 5.12. The highest BCUT2D eigenvalue weighted by Gasteiger charge is 2.46. The van der Waals surface area contributed by atoms with Crippen LogP contribution in [0.25, 0.3) is 0 Å². The van der Waals surface area contributed by atoms with E-state index in [1.165, 1.54) is 6.42 Å². The van der Waals surface area contributed by atoms with Crippen LogP contribution in [0.5, 0.6) is 0 Å². The number of hydrogen-bond acceptors (Lipinski definition) is 2. The third-order valence-corrected chi connectivity index (χ3v) is 2.72. The predicted molar refractivity (Wildman–Crippen MR) is 44.3 cm³/mol. The predicted octanol–water partition coefficient (Wildman–Crippen LogP) is 2.04. The van der Waals surface area contributed by atoms with Gasteiger partial charge in [0.2, 0.25) is 0 Å². The van der Waals surface area contributed by atoms with Gasteiger partial charge in [0.25, 0.3) is 0 Å². The van der Waals surface area contributed by atoms with Crippen LogP contribution < -0.4 is 0 Å². The van der Waals surface area contributed by atoms with Crippen molar-refractivity contribution in [2.24, 2.45) is 11.3 Å². The third-order valence-electron chi connectivity index (χ3n) is 2.72. The van der Waals surface area contributed by atoms with Crippen LogP contribution in [0.15, 0.2) is 0 Å². The van der Waals surface area contributed by atoms with E-state index in [2.05, 4.69) is 13.8 Å². The lowest BCUT2D eigenvalue weighted by Gasteiger charge is -2.13. The smallest absolute Gasteiger partial charge is 0.157 e. The van der Waals surface area contributed by atoms with Crippen LogP contribution in [0.3, 0.4) is 0 Å². The molecule has 1 atom stereocenters. The van der Waals surface area contributed by atoms with E-state index in [0.29, 0.717) is 5.41 Å². The van der Waals surface area contributed by atoms with Crippen LogP contribution in [0.2, 0.25) is 0 Å². The van der Waals surface area contributed by atoms with Crippen LogP contribution in [-0.4, -0.2) is 20.5 Å². The molecule has 1 saturated carbocycles. The van der Waals surface area contributed by atoms with E-state index in [0.717, 1.165) is 12.3 Å². The lowest BCUT2D eigenvalue weighted by atomic mass is 10.1. The summed E-state index contributed by atoms with van der Waals surface area (Å²) in [6, 6.07) is 0. The van der Waals surface area contributed by atoms with Crippen molar-refractivity contribution < 1.29 is 9.47 Å². The summed E-state index contributed by atoms with van der Waals surface area (Å²) in [5, 5.41) is 0. The molecule has 0 radical (unpaired) electrons. The Morgan fingerprint density at radius 3 is 2.09 bits per heavy atom. The molecule has 1 rings (SSSR count). The Bertz CT molecular complexity index is 128. The van der Waals surface area contributed by atoms with Crippen LogP contribution in [0.4, 0.5) is 0 Å². The molecule has 66 valence electrons. The molecule has 1 aliphatic rings. The van der Waals surface area contributed by atoms with E-state index in [-0.39, 0.29) is 6.29 Å². The molecule has 0 heterocycles. The zero-order valence-electron chi connectivity index (χ0n) is 7.89. The van der Waals surface area contributed by atoms with Gasteiger partial charge in [-0.1, -0.05) is 13.8 Å². The normalized spacial score (nSPS) is 27.5. The molecule has 11 heavy (non-hydrogen) atoms. The van der Waals surface area contributed by atoms with Gasteiger partial charge in [-0.2, -0.15) is 0 Å². The molecule has 1 unspecified atom stereocenters. The van der Waals surface area contributed by atoms with Gasteiger partial charge >= 0.3 is 0 Å². The van der Waals surface area contributed by atoms with Crippen LogP contribution in [0.1, 0.15) is 26.7 Å². The van der Waals surface area contributed by atoms with Crippen molar-refractivity contribution in [3.05, 3.63) is 0 Å². The Hall–Kier alpha value is -0.0800. The van der Waals surface area contributed by atoms with Gasteiger partial charge in [0.1, 0.15) is 0 Å². The average molecular weight is 158 g/mol. The molecule has 0 amide bonds. The molecule has 0 N–H and O–H groups in total. The van der Waals surface area contributed by atoms with Gasteiger partial charge in [-0.15, -0.1) is 0 Å². The molecule has 0 aliphatic heterocycles. The fourth-order valence-electron chi connectivity index (χ4n) is 1.50. The minimum atomic E-state index is 0.00164. The van der Waals surface area contributed by atoms with Crippen molar-refractivity contribution in [3.63, 3.8) is 0 Å². The van der Waals surface area contributed by atoms with Crippen LogP contribution >= 0.6 is 0 Å². The van der Waals surface area contributed by atoms with Gasteiger partial charge in [0, 0.05) is 20.6 Å². The molecule has 0 bridgehead atoms. The summed E-state index contributed by atoms with van der Waals surface area (Å²) in [6.07, 6.45) is 2.36. The Balaban J connectivity index is 2.21. The highest BCUT2D eigenvalue weighted by Crippen LogP contribution is 2.54. The third kappa shape index (κ3) is 2.17. The Kier molecular flexibility index (Phi) is 2.55.